The smallest absolute Gasteiger partial charge is 0.417 e. The van der Waals surface area contributed by atoms with Gasteiger partial charge in [-0.1, -0.05) is 13.5 Å². The van der Waals surface area contributed by atoms with Crippen LogP contribution in [-0.4, -0.2) is 11.6 Å². The lowest BCUT2D eigenvalue weighted by molar-refractivity contribution is -0.137. The molecule has 0 bridgehead atoms. The first-order chi connectivity index (χ1) is 7.43. The Labute approximate surface area is 91.8 Å². The number of alkyl halides is 3. The summed E-state index contributed by atoms with van der Waals surface area (Å²) in [5.74, 6) is 0.169. The second-order valence-corrected chi connectivity index (χ2v) is 3.28. The highest BCUT2D eigenvalue weighted by atomic mass is 19.4. The molecule has 16 heavy (non-hydrogen) atoms. The fraction of sp³-hybridized carbons (Fsp3) is 0.364. The lowest BCUT2D eigenvalue weighted by Crippen LogP contribution is -2.06. The first-order valence-corrected chi connectivity index (χ1v) is 4.76. The third-order valence-electron chi connectivity index (χ3n) is 1.99. The van der Waals surface area contributed by atoms with Crippen molar-refractivity contribution < 1.29 is 17.9 Å². The summed E-state index contributed by atoms with van der Waals surface area (Å²) in [6.07, 6.45) is -2.84. The van der Waals surface area contributed by atoms with Crippen molar-refractivity contribution in [1.29, 1.82) is 0 Å². The number of nitrogens with zero attached hydrogens (tertiary/aromatic N) is 1. The van der Waals surface area contributed by atoms with E-state index in [4.69, 9.17) is 4.74 Å². The summed E-state index contributed by atoms with van der Waals surface area (Å²) in [5.41, 5.74) is 0.0795. The number of halogens is 3. The Morgan fingerprint density at radius 2 is 2.12 bits per heavy atom. The van der Waals surface area contributed by atoms with Crippen LogP contribution in [0.25, 0.3) is 0 Å². The summed E-state index contributed by atoms with van der Waals surface area (Å²) in [6.45, 7) is 5.91. The van der Waals surface area contributed by atoms with Gasteiger partial charge in [0.05, 0.1) is 5.56 Å². The van der Waals surface area contributed by atoms with Crippen molar-refractivity contribution >= 4 is 0 Å². The molecular formula is C11H12F3NO. The van der Waals surface area contributed by atoms with Gasteiger partial charge in [-0.25, -0.2) is 4.98 Å². The van der Waals surface area contributed by atoms with Crippen molar-refractivity contribution in [2.75, 3.05) is 6.61 Å². The largest absolute Gasteiger partial charge is 0.473 e. The van der Waals surface area contributed by atoms with Crippen LogP contribution in [0.4, 0.5) is 13.2 Å². The van der Waals surface area contributed by atoms with Gasteiger partial charge in [0.15, 0.2) is 0 Å². The maximum Gasteiger partial charge on any atom is 0.417 e. The van der Waals surface area contributed by atoms with Crippen LogP contribution in [0.1, 0.15) is 18.9 Å². The lowest BCUT2D eigenvalue weighted by atomic mass is 10.2. The summed E-state index contributed by atoms with van der Waals surface area (Å²) in [5, 5.41) is 0. The quantitative estimate of drug-likeness (QED) is 0.740. The van der Waals surface area contributed by atoms with E-state index in [0.29, 0.717) is 0 Å². The molecule has 0 aliphatic heterocycles. The van der Waals surface area contributed by atoms with Gasteiger partial charge in [-0.3, -0.25) is 0 Å². The SMILES string of the molecule is C=C(CC)COc1ccc(C(F)(F)F)cn1. The minimum Gasteiger partial charge on any atom is -0.473 e. The lowest BCUT2D eigenvalue weighted by Gasteiger charge is -2.08. The molecule has 1 aromatic heterocycles. The molecule has 0 aliphatic rings. The van der Waals surface area contributed by atoms with Crippen LogP contribution in [-0.2, 0) is 6.18 Å². The van der Waals surface area contributed by atoms with Crippen molar-refractivity contribution in [3.63, 3.8) is 0 Å². The average Bonchev–Trinajstić information content (AvgIpc) is 2.25. The Bertz CT molecular complexity index is 356. The van der Waals surface area contributed by atoms with E-state index in [1.165, 1.54) is 6.07 Å². The second kappa shape index (κ2) is 5.01. The zero-order valence-corrected chi connectivity index (χ0v) is 8.84. The molecule has 0 unspecified atom stereocenters. The zero-order valence-electron chi connectivity index (χ0n) is 8.84. The predicted molar refractivity (Wildman–Crippen MR) is 54.2 cm³/mol. The van der Waals surface area contributed by atoms with E-state index in [-0.39, 0.29) is 12.5 Å². The van der Waals surface area contributed by atoms with Gasteiger partial charge in [-0.15, -0.1) is 0 Å². The van der Waals surface area contributed by atoms with Gasteiger partial charge in [0.1, 0.15) is 6.61 Å². The molecule has 0 spiro atoms. The van der Waals surface area contributed by atoms with Crippen molar-refractivity contribution in [3.05, 3.63) is 36.0 Å². The van der Waals surface area contributed by atoms with Crippen molar-refractivity contribution in [2.24, 2.45) is 0 Å². The standard InChI is InChI=1S/C11H12F3NO/c1-3-8(2)7-16-10-5-4-9(6-15-10)11(12,13)14/h4-6H,2-3,7H2,1H3. The molecule has 0 aromatic carbocycles. The van der Waals surface area contributed by atoms with E-state index in [1.54, 1.807) is 0 Å². The van der Waals surface area contributed by atoms with Gasteiger partial charge in [0.25, 0.3) is 0 Å². The Morgan fingerprint density at radius 1 is 1.44 bits per heavy atom. The minimum atomic E-state index is -4.36. The number of aromatic nitrogens is 1. The molecule has 0 aliphatic carbocycles. The summed E-state index contributed by atoms with van der Waals surface area (Å²) in [4.78, 5) is 3.57. The maximum absolute atomic E-state index is 12.2. The minimum absolute atomic E-state index is 0.169. The molecule has 0 saturated carbocycles. The number of pyridine rings is 1. The van der Waals surface area contributed by atoms with E-state index in [9.17, 15) is 13.2 Å². The van der Waals surface area contributed by atoms with E-state index in [1.807, 2.05) is 6.92 Å². The van der Waals surface area contributed by atoms with Crippen LogP contribution < -0.4 is 4.74 Å². The molecule has 0 atom stereocenters. The average molecular weight is 231 g/mol. The Morgan fingerprint density at radius 3 is 2.56 bits per heavy atom. The zero-order chi connectivity index (χ0) is 12.2. The van der Waals surface area contributed by atoms with Crippen LogP contribution >= 0.6 is 0 Å². The van der Waals surface area contributed by atoms with Crippen LogP contribution in [0.3, 0.4) is 0 Å². The summed E-state index contributed by atoms with van der Waals surface area (Å²) in [7, 11) is 0. The van der Waals surface area contributed by atoms with Crippen LogP contribution in [0, 0.1) is 0 Å². The highest BCUT2D eigenvalue weighted by molar-refractivity contribution is 5.20. The van der Waals surface area contributed by atoms with Crippen molar-refractivity contribution in [2.45, 2.75) is 19.5 Å². The molecule has 5 heteroatoms. The van der Waals surface area contributed by atoms with Gasteiger partial charge in [-0.2, -0.15) is 13.2 Å². The summed E-state index contributed by atoms with van der Waals surface area (Å²) >= 11 is 0. The first kappa shape index (κ1) is 12.5. The Kier molecular flexibility index (Phi) is 3.93. The number of rotatable bonds is 4. The maximum atomic E-state index is 12.2. The number of ether oxygens (including phenoxy) is 1. The van der Waals surface area contributed by atoms with Crippen LogP contribution in [0.2, 0.25) is 0 Å². The van der Waals surface area contributed by atoms with E-state index < -0.39 is 11.7 Å². The van der Waals surface area contributed by atoms with E-state index in [2.05, 4.69) is 11.6 Å². The molecule has 88 valence electrons. The normalized spacial score (nSPS) is 11.2. The van der Waals surface area contributed by atoms with Gasteiger partial charge in [0.2, 0.25) is 5.88 Å². The molecule has 0 saturated heterocycles. The molecular weight excluding hydrogens is 219 g/mol. The van der Waals surface area contributed by atoms with Crippen molar-refractivity contribution in [3.8, 4) is 5.88 Å². The molecule has 1 heterocycles. The third-order valence-corrected chi connectivity index (χ3v) is 1.99. The fourth-order valence-corrected chi connectivity index (χ4v) is 0.911. The molecule has 0 fully saturated rings. The predicted octanol–water partition coefficient (Wildman–Crippen LogP) is 3.45. The molecule has 1 rings (SSSR count). The van der Waals surface area contributed by atoms with Gasteiger partial charge < -0.3 is 4.74 Å². The van der Waals surface area contributed by atoms with Crippen molar-refractivity contribution in [1.82, 2.24) is 4.98 Å². The molecule has 2 nitrogen and oxygen atoms in total. The highest BCUT2D eigenvalue weighted by Gasteiger charge is 2.30. The molecule has 0 N–H and O–H groups in total. The third kappa shape index (κ3) is 3.56. The number of hydrogen-bond acceptors (Lipinski definition) is 2. The van der Waals surface area contributed by atoms with Crippen LogP contribution in [0.15, 0.2) is 30.5 Å². The Hall–Kier alpha value is -1.52. The van der Waals surface area contributed by atoms with Gasteiger partial charge >= 0.3 is 6.18 Å². The van der Waals surface area contributed by atoms with E-state index in [0.717, 1.165) is 24.3 Å². The van der Waals surface area contributed by atoms with Gasteiger partial charge in [-0.05, 0) is 18.1 Å². The highest BCUT2D eigenvalue weighted by Crippen LogP contribution is 2.29. The van der Waals surface area contributed by atoms with Crippen LogP contribution in [0.5, 0.6) is 5.88 Å². The monoisotopic (exact) mass is 231 g/mol. The first-order valence-electron chi connectivity index (χ1n) is 4.76. The fourth-order valence-electron chi connectivity index (χ4n) is 0.911. The second-order valence-electron chi connectivity index (χ2n) is 3.28. The van der Waals surface area contributed by atoms with Gasteiger partial charge in [0, 0.05) is 12.3 Å². The summed E-state index contributed by atoms with van der Waals surface area (Å²) < 4.78 is 41.7. The topological polar surface area (TPSA) is 22.1 Å². The number of hydrogen-bond donors (Lipinski definition) is 0. The molecule has 0 amide bonds. The summed E-state index contributed by atoms with van der Waals surface area (Å²) in [6, 6.07) is 2.14. The molecule has 1 aromatic rings. The molecule has 0 radical (unpaired) electrons. The van der Waals surface area contributed by atoms with E-state index >= 15 is 0 Å². The Balaban J connectivity index is 2.62.